The average Bonchev–Trinajstić information content (AvgIpc) is 2.81. The fourth-order valence-electron chi connectivity index (χ4n) is 1.58. The number of carbonyl (C=O) groups is 1. The summed E-state index contributed by atoms with van der Waals surface area (Å²) in [5, 5.41) is 8.63. The minimum atomic E-state index is -4.48. The molecule has 0 spiro atoms. The molecule has 20 heavy (non-hydrogen) atoms. The Morgan fingerprint density at radius 2 is 2.15 bits per heavy atom. The van der Waals surface area contributed by atoms with Crippen LogP contribution in [0.25, 0.3) is 0 Å². The molecular weight excluding hydrogens is 273 g/mol. The Morgan fingerprint density at radius 1 is 1.40 bits per heavy atom. The summed E-state index contributed by atoms with van der Waals surface area (Å²) in [7, 11) is 0. The van der Waals surface area contributed by atoms with E-state index in [0.717, 1.165) is 12.1 Å². The van der Waals surface area contributed by atoms with Crippen LogP contribution in [-0.4, -0.2) is 16.1 Å². The molecule has 0 aliphatic heterocycles. The van der Waals surface area contributed by atoms with Gasteiger partial charge in [0.15, 0.2) is 0 Å². The van der Waals surface area contributed by atoms with E-state index < -0.39 is 17.6 Å². The molecule has 5 nitrogen and oxygen atoms in total. The van der Waals surface area contributed by atoms with Gasteiger partial charge < -0.3 is 11.1 Å². The van der Waals surface area contributed by atoms with Crippen LogP contribution >= 0.6 is 0 Å². The second-order valence-electron chi connectivity index (χ2n) is 4.07. The van der Waals surface area contributed by atoms with Gasteiger partial charge in [-0.15, -0.1) is 0 Å². The van der Waals surface area contributed by atoms with Gasteiger partial charge in [-0.2, -0.15) is 18.3 Å². The summed E-state index contributed by atoms with van der Waals surface area (Å²) in [6.07, 6.45) is -3.05. The topological polar surface area (TPSA) is 83.8 Å². The number of benzene rings is 1. The zero-order valence-electron chi connectivity index (χ0n) is 10.2. The van der Waals surface area contributed by atoms with E-state index in [9.17, 15) is 18.0 Å². The van der Waals surface area contributed by atoms with E-state index in [1.807, 2.05) is 0 Å². The van der Waals surface area contributed by atoms with Crippen LogP contribution < -0.4 is 11.1 Å². The summed E-state index contributed by atoms with van der Waals surface area (Å²) >= 11 is 0. The summed E-state index contributed by atoms with van der Waals surface area (Å²) in [6, 6.07) is 4.20. The predicted molar refractivity (Wildman–Crippen MR) is 65.6 cm³/mol. The van der Waals surface area contributed by atoms with E-state index in [2.05, 4.69) is 15.5 Å². The van der Waals surface area contributed by atoms with Crippen molar-refractivity contribution in [1.82, 2.24) is 15.5 Å². The van der Waals surface area contributed by atoms with E-state index in [0.29, 0.717) is 11.4 Å². The first kappa shape index (κ1) is 13.9. The van der Waals surface area contributed by atoms with Crippen molar-refractivity contribution in [3.05, 3.63) is 47.2 Å². The number of amides is 1. The number of rotatable bonds is 3. The quantitative estimate of drug-likeness (QED) is 0.805. The molecule has 106 valence electrons. The molecule has 0 saturated heterocycles. The van der Waals surface area contributed by atoms with Gasteiger partial charge in [-0.3, -0.25) is 9.89 Å². The first-order valence-electron chi connectivity index (χ1n) is 5.61. The molecule has 0 unspecified atom stereocenters. The molecule has 4 N–H and O–H groups in total. The van der Waals surface area contributed by atoms with Crippen LogP contribution in [0.5, 0.6) is 0 Å². The van der Waals surface area contributed by atoms with Crippen molar-refractivity contribution < 1.29 is 18.0 Å². The molecule has 0 radical (unpaired) electrons. The molecule has 1 aromatic carbocycles. The number of nitrogens with two attached hydrogens (primary N) is 1. The molecule has 2 rings (SSSR count). The number of H-pyrrole nitrogens is 1. The van der Waals surface area contributed by atoms with Gasteiger partial charge in [0, 0.05) is 17.7 Å². The second-order valence-corrected chi connectivity index (χ2v) is 4.07. The van der Waals surface area contributed by atoms with Crippen LogP contribution in [0.15, 0.2) is 30.5 Å². The van der Waals surface area contributed by atoms with Gasteiger partial charge in [0.05, 0.1) is 11.8 Å². The molecule has 0 atom stereocenters. The number of nitrogens with one attached hydrogen (secondary N) is 2. The van der Waals surface area contributed by atoms with E-state index in [1.165, 1.54) is 18.3 Å². The van der Waals surface area contributed by atoms with Crippen LogP contribution in [-0.2, 0) is 12.7 Å². The van der Waals surface area contributed by atoms with Crippen LogP contribution in [0.2, 0.25) is 0 Å². The molecular formula is C12H11F3N4O. The van der Waals surface area contributed by atoms with Gasteiger partial charge in [0.25, 0.3) is 5.91 Å². The fraction of sp³-hybridized carbons (Fsp3) is 0.167. The van der Waals surface area contributed by atoms with Crippen molar-refractivity contribution in [3.8, 4) is 0 Å². The van der Waals surface area contributed by atoms with Crippen molar-refractivity contribution >= 4 is 11.7 Å². The van der Waals surface area contributed by atoms with E-state index >= 15 is 0 Å². The summed E-state index contributed by atoms with van der Waals surface area (Å²) in [4.78, 5) is 11.8. The van der Waals surface area contributed by atoms with Crippen molar-refractivity contribution in [2.75, 3.05) is 5.73 Å². The number of nitrogen functional groups attached to an aromatic ring is 1. The Hall–Kier alpha value is -2.51. The normalized spacial score (nSPS) is 11.3. The van der Waals surface area contributed by atoms with Gasteiger partial charge in [0.1, 0.15) is 5.82 Å². The summed E-state index contributed by atoms with van der Waals surface area (Å²) in [5.41, 5.74) is 5.15. The van der Waals surface area contributed by atoms with Gasteiger partial charge in [-0.05, 0) is 18.2 Å². The number of nitrogens with zero attached hydrogens (tertiary/aromatic N) is 1. The Morgan fingerprint density at radius 3 is 2.75 bits per heavy atom. The largest absolute Gasteiger partial charge is 0.416 e. The highest BCUT2D eigenvalue weighted by Gasteiger charge is 2.30. The maximum Gasteiger partial charge on any atom is 0.416 e. The van der Waals surface area contributed by atoms with Gasteiger partial charge >= 0.3 is 6.18 Å². The summed E-state index contributed by atoms with van der Waals surface area (Å²) < 4.78 is 37.6. The number of alkyl halides is 3. The maximum atomic E-state index is 12.5. The Kier molecular flexibility index (Phi) is 3.64. The summed E-state index contributed by atoms with van der Waals surface area (Å²) in [5.74, 6) is -0.314. The number of hydrogen-bond acceptors (Lipinski definition) is 3. The average molecular weight is 284 g/mol. The minimum Gasteiger partial charge on any atom is -0.384 e. The second kappa shape index (κ2) is 5.24. The third-order valence-electron chi connectivity index (χ3n) is 2.64. The van der Waals surface area contributed by atoms with Crippen molar-refractivity contribution in [2.24, 2.45) is 0 Å². The number of aromatic amines is 1. The first-order chi connectivity index (χ1) is 9.38. The van der Waals surface area contributed by atoms with Crippen molar-refractivity contribution in [3.63, 3.8) is 0 Å². The van der Waals surface area contributed by atoms with Crippen LogP contribution in [0.3, 0.4) is 0 Å². The van der Waals surface area contributed by atoms with Gasteiger partial charge in [0.2, 0.25) is 0 Å². The lowest BCUT2D eigenvalue weighted by Gasteiger charge is -2.09. The zero-order valence-corrected chi connectivity index (χ0v) is 10.2. The Balaban J connectivity index is 2.08. The minimum absolute atomic E-state index is 0.0677. The highest BCUT2D eigenvalue weighted by Crippen LogP contribution is 2.29. The van der Waals surface area contributed by atoms with E-state index in [1.54, 1.807) is 0 Å². The molecule has 8 heteroatoms. The number of carbonyl (C=O) groups excluding carboxylic acids is 1. The number of hydrogen-bond donors (Lipinski definition) is 3. The van der Waals surface area contributed by atoms with E-state index in [-0.39, 0.29) is 12.1 Å². The highest BCUT2D eigenvalue weighted by molar-refractivity contribution is 5.94. The number of halogens is 3. The SMILES string of the molecule is Nc1[nH]ncc1CNC(=O)c1cccc(C(F)(F)F)c1. The maximum absolute atomic E-state index is 12.5. The predicted octanol–water partition coefficient (Wildman–Crippen LogP) is 1.94. The molecule has 2 aromatic rings. The smallest absolute Gasteiger partial charge is 0.384 e. The number of anilines is 1. The lowest BCUT2D eigenvalue weighted by Crippen LogP contribution is -2.23. The van der Waals surface area contributed by atoms with Gasteiger partial charge in [-0.25, -0.2) is 0 Å². The lowest BCUT2D eigenvalue weighted by atomic mass is 10.1. The highest BCUT2D eigenvalue weighted by atomic mass is 19.4. The molecule has 0 aliphatic rings. The third kappa shape index (κ3) is 3.08. The standard InChI is InChI=1S/C12H11F3N4O/c13-12(14,15)9-3-1-2-7(4-9)11(20)17-5-8-6-18-19-10(8)16/h1-4,6H,5H2,(H,17,20)(H3,16,18,19). The van der Waals surface area contributed by atoms with Crippen molar-refractivity contribution in [2.45, 2.75) is 12.7 Å². The van der Waals surface area contributed by atoms with E-state index in [4.69, 9.17) is 5.73 Å². The third-order valence-corrected chi connectivity index (χ3v) is 2.64. The molecule has 0 fully saturated rings. The molecule has 1 aromatic heterocycles. The molecule has 0 saturated carbocycles. The van der Waals surface area contributed by atoms with Crippen LogP contribution in [0, 0.1) is 0 Å². The van der Waals surface area contributed by atoms with Crippen LogP contribution in [0.4, 0.5) is 19.0 Å². The first-order valence-corrected chi connectivity index (χ1v) is 5.61. The van der Waals surface area contributed by atoms with Crippen LogP contribution in [0.1, 0.15) is 21.5 Å². The lowest BCUT2D eigenvalue weighted by molar-refractivity contribution is -0.137. The van der Waals surface area contributed by atoms with Gasteiger partial charge in [-0.1, -0.05) is 6.07 Å². The molecule has 1 amide bonds. The summed E-state index contributed by atoms with van der Waals surface area (Å²) in [6.45, 7) is 0.0808. The molecule has 1 heterocycles. The molecule has 0 aliphatic carbocycles. The number of aromatic nitrogens is 2. The molecule has 0 bridgehead atoms. The fourth-order valence-corrected chi connectivity index (χ4v) is 1.58. The Labute approximate surface area is 112 Å². The zero-order chi connectivity index (χ0) is 14.8. The van der Waals surface area contributed by atoms with Crippen molar-refractivity contribution in [1.29, 1.82) is 0 Å². The Bertz CT molecular complexity index is 621. The monoisotopic (exact) mass is 284 g/mol.